The zero-order valence-electron chi connectivity index (χ0n) is 15.8. The first kappa shape index (κ1) is 24.2. The number of nitrogens with zero attached hydrogens (tertiary/aromatic N) is 1. The Hall–Kier alpha value is -2.07. The SMILES string of the molecule is CN=C(C(Cl)=CN)c1cc(C(=O)N[C@H](CN)Cc2ccccc2C(F)(F)F)sc1Cl. The molecule has 0 aliphatic rings. The molecule has 0 fully saturated rings. The largest absolute Gasteiger partial charge is 0.416 e. The van der Waals surface area contributed by atoms with Gasteiger partial charge in [-0.15, -0.1) is 11.3 Å². The van der Waals surface area contributed by atoms with Gasteiger partial charge in [0.1, 0.15) is 4.34 Å². The van der Waals surface area contributed by atoms with Crippen LogP contribution in [0.4, 0.5) is 13.2 Å². The number of nitrogens with one attached hydrogen (secondary N) is 1. The molecule has 0 saturated carbocycles. The predicted molar refractivity (Wildman–Crippen MR) is 115 cm³/mol. The molecule has 0 aliphatic heterocycles. The molecule has 0 spiro atoms. The van der Waals surface area contributed by atoms with E-state index >= 15 is 0 Å². The van der Waals surface area contributed by atoms with Crippen LogP contribution in [0.3, 0.4) is 0 Å². The third kappa shape index (κ3) is 5.75. The lowest BCUT2D eigenvalue weighted by atomic mass is 9.99. The molecule has 1 aromatic heterocycles. The van der Waals surface area contributed by atoms with Crippen molar-refractivity contribution < 1.29 is 18.0 Å². The monoisotopic (exact) mass is 478 g/mol. The molecule has 30 heavy (non-hydrogen) atoms. The second kappa shape index (κ2) is 10.3. The summed E-state index contributed by atoms with van der Waals surface area (Å²) >= 11 is 13.2. The van der Waals surface area contributed by atoms with Crippen LogP contribution in [-0.2, 0) is 12.6 Å². The summed E-state index contributed by atoms with van der Waals surface area (Å²) in [4.78, 5) is 16.9. The Morgan fingerprint density at radius 3 is 2.60 bits per heavy atom. The average molecular weight is 479 g/mol. The standard InChI is InChI=1S/C19H19Cl2F3N4OS/c1-27-16(14(20)9-26)12-7-15(30-17(12)21)18(29)28-11(8-25)6-10-4-2-3-5-13(10)19(22,23)24/h2-5,7,9,11H,6,8,25-26H2,1H3,(H,28,29)/t11-/m0/s1. The molecular formula is C19H19Cl2F3N4OS. The van der Waals surface area contributed by atoms with Gasteiger partial charge in [0.15, 0.2) is 0 Å². The van der Waals surface area contributed by atoms with Crippen LogP contribution in [0.1, 0.15) is 26.4 Å². The van der Waals surface area contributed by atoms with E-state index in [9.17, 15) is 18.0 Å². The van der Waals surface area contributed by atoms with E-state index in [-0.39, 0.29) is 32.8 Å². The van der Waals surface area contributed by atoms with Crippen molar-refractivity contribution in [3.05, 3.63) is 67.5 Å². The number of amides is 1. The number of rotatable bonds is 7. The fraction of sp³-hybridized carbons (Fsp3) is 0.263. The number of thiophene rings is 1. The number of halogens is 5. The number of hydrogen-bond acceptors (Lipinski definition) is 5. The zero-order chi connectivity index (χ0) is 22.5. The quantitative estimate of drug-likeness (QED) is 0.521. The van der Waals surface area contributed by atoms with Crippen LogP contribution in [0.15, 0.2) is 46.6 Å². The molecule has 0 bridgehead atoms. The fourth-order valence-electron chi connectivity index (χ4n) is 2.77. The van der Waals surface area contributed by atoms with E-state index in [4.69, 9.17) is 34.7 Å². The van der Waals surface area contributed by atoms with Crippen molar-refractivity contribution in [3.8, 4) is 0 Å². The molecule has 11 heteroatoms. The van der Waals surface area contributed by atoms with Crippen molar-refractivity contribution in [2.75, 3.05) is 13.6 Å². The summed E-state index contributed by atoms with van der Waals surface area (Å²) in [6.07, 6.45) is -3.42. The highest BCUT2D eigenvalue weighted by Gasteiger charge is 2.33. The van der Waals surface area contributed by atoms with Gasteiger partial charge in [0.2, 0.25) is 0 Å². The summed E-state index contributed by atoms with van der Waals surface area (Å²) < 4.78 is 39.9. The Morgan fingerprint density at radius 1 is 1.37 bits per heavy atom. The first-order chi connectivity index (χ1) is 14.1. The molecule has 5 nitrogen and oxygen atoms in total. The second-order valence-electron chi connectivity index (χ2n) is 6.15. The maximum absolute atomic E-state index is 13.2. The van der Waals surface area contributed by atoms with E-state index in [1.807, 2.05) is 0 Å². The van der Waals surface area contributed by atoms with Gasteiger partial charge in [-0.2, -0.15) is 13.2 Å². The molecule has 5 N–H and O–H groups in total. The number of benzene rings is 1. The maximum atomic E-state index is 13.2. The first-order valence-electron chi connectivity index (χ1n) is 8.62. The van der Waals surface area contributed by atoms with Gasteiger partial charge in [0, 0.05) is 31.4 Å². The number of carbonyl (C=O) groups is 1. The lowest BCUT2D eigenvalue weighted by Gasteiger charge is -2.19. The third-order valence-electron chi connectivity index (χ3n) is 4.17. The smallest absolute Gasteiger partial charge is 0.403 e. The number of alkyl halides is 3. The highest BCUT2D eigenvalue weighted by Crippen LogP contribution is 2.33. The summed E-state index contributed by atoms with van der Waals surface area (Å²) in [6, 6.07) is 5.96. The van der Waals surface area contributed by atoms with Gasteiger partial charge in [-0.3, -0.25) is 9.79 Å². The molecule has 162 valence electrons. The van der Waals surface area contributed by atoms with Crippen LogP contribution in [0.2, 0.25) is 4.34 Å². The number of allylic oxidation sites excluding steroid dienone is 1. The van der Waals surface area contributed by atoms with Gasteiger partial charge >= 0.3 is 6.18 Å². The highest BCUT2D eigenvalue weighted by atomic mass is 35.5. The Balaban J connectivity index is 2.22. The average Bonchev–Trinajstić information content (AvgIpc) is 3.09. The van der Waals surface area contributed by atoms with Crippen molar-refractivity contribution in [1.82, 2.24) is 5.32 Å². The minimum absolute atomic E-state index is 0.0471. The van der Waals surface area contributed by atoms with E-state index in [1.165, 1.54) is 31.3 Å². The Labute approximate surface area is 185 Å². The first-order valence-corrected chi connectivity index (χ1v) is 10.2. The topological polar surface area (TPSA) is 93.5 Å². The Kier molecular flexibility index (Phi) is 8.31. The van der Waals surface area contributed by atoms with Crippen LogP contribution in [0.5, 0.6) is 0 Å². The lowest BCUT2D eigenvalue weighted by Crippen LogP contribution is -2.41. The van der Waals surface area contributed by atoms with Crippen LogP contribution in [0.25, 0.3) is 0 Å². The summed E-state index contributed by atoms with van der Waals surface area (Å²) in [6.45, 7) is -0.0483. The summed E-state index contributed by atoms with van der Waals surface area (Å²) in [5, 5.41) is 2.82. The van der Waals surface area contributed by atoms with E-state index in [0.29, 0.717) is 11.3 Å². The molecule has 0 saturated heterocycles. The van der Waals surface area contributed by atoms with Crippen LogP contribution < -0.4 is 16.8 Å². The normalized spacial score (nSPS) is 14.0. The molecule has 0 unspecified atom stereocenters. The minimum Gasteiger partial charge on any atom is -0.403 e. The maximum Gasteiger partial charge on any atom is 0.416 e. The summed E-state index contributed by atoms with van der Waals surface area (Å²) in [5.41, 5.74) is 11.1. The van der Waals surface area contributed by atoms with E-state index in [2.05, 4.69) is 10.3 Å². The molecule has 1 aromatic carbocycles. The van der Waals surface area contributed by atoms with Crippen LogP contribution in [-0.4, -0.2) is 31.3 Å². The lowest BCUT2D eigenvalue weighted by molar-refractivity contribution is -0.138. The molecule has 0 radical (unpaired) electrons. The summed E-state index contributed by atoms with van der Waals surface area (Å²) in [7, 11) is 1.50. The molecule has 0 aliphatic carbocycles. The molecule has 2 aromatic rings. The van der Waals surface area contributed by atoms with Gasteiger partial charge < -0.3 is 16.8 Å². The van der Waals surface area contributed by atoms with Crippen molar-refractivity contribution in [3.63, 3.8) is 0 Å². The van der Waals surface area contributed by atoms with Gasteiger partial charge in [0.05, 0.1) is 21.2 Å². The second-order valence-corrected chi connectivity index (χ2v) is 8.21. The van der Waals surface area contributed by atoms with Crippen molar-refractivity contribution in [2.45, 2.75) is 18.6 Å². The Morgan fingerprint density at radius 2 is 2.03 bits per heavy atom. The van der Waals surface area contributed by atoms with Crippen molar-refractivity contribution >= 4 is 46.2 Å². The van der Waals surface area contributed by atoms with Gasteiger partial charge in [-0.1, -0.05) is 41.4 Å². The van der Waals surface area contributed by atoms with Gasteiger partial charge in [-0.25, -0.2) is 0 Å². The molecule has 1 heterocycles. The molecule has 1 amide bonds. The fourth-order valence-corrected chi connectivity index (χ4v) is 4.13. The van der Waals surface area contributed by atoms with Crippen molar-refractivity contribution in [1.29, 1.82) is 0 Å². The highest BCUT2D eigenvalue weighted by molar-refractivity contribution is 7.18. The minimum atomic E-state index is -4.50. The Bertz CT molecular complexity index is 973. The van der Waals surface area contributed by atoms with Gasteiger partial charge in [-0.05, 0) is 24.1 Å². The molecule has 1 atom stereocenters. The summed E-state index contributed by atoms with van der Waals surface area (Å²) in [5.74, 6) is -0.517. The van der Waals surface area contributed by atoms with E-state index in [1.54, 1.807) is 0 Å². The predicted octanol–water partition coefficient (Wildman–Crippen LogP) is 4.18. The van der Waals surface area contributed by atoms with E-state index < -0.39 is 23.7 Å². The number of carbonyl (C=O) groups excluding carboxylic acids is 1. The molecule has 2 rings (SSSR count). The van der Waals surface area contributed by atoms with Gasteiger partial charge in [0.25, 0.3) is 5.91 Å². The number of aliphatic imine (C=N–C) groups is 1. The third-order valence-corrected chi connectivity index (χ3v) is 5.83. The van der Waals surface area contributed by atoms with Crippen molar-refractivity contribution in [2.24, 2.45) is 16.5 Å². The zero-order valence-corrected chi connectivity index (χ0v) is 18.1. The van der Waals surface area contributed by atoms with Crippen LogP contribution >= 0.6 is 34.5 Å². The number of hydrogen-bond donors (Lipinski definition) is 3. The molecular weight excluding hydrogens is 460 g/mol. The van der Waals surface area contributed by atoms with E-state index in [0.717, 1.165) is 23.6 Å². The van der Waals surface area contributed by atoms with Crippen LogP contribution in [0, 0.1) is 0 Å². The number of nitrogens with two attached hydrogens (primary N) is 2.